The van der Waals surface area contributed by atoms with Gasteiger partial charge in [0.25, 0.3) is 0 Å². The predicted molar refractivity (Wildman–Crippen MR) is 104 cm³/mol. The van der Waals surface area contributed by atoms with Crippen molar-refractivity contribution in [2.45, 2.75) is 56.8 Å². The van der Waals surface area contributed by atoms with Crippen molar-refractivity contribution in [2.75, 3.05) is 18.9 Å². The molecule has 1 saturated heterocycles. The van der Waals surface area contributed by atoms with Crippen molar-refractivity contribution in [3.8, 4) is 0 Å². The van der Waals surface area contributed by atoms with E-state index in [1.54, 1.807) is 0 Å². The molecule has 0 radical (unpaired) electrons. The highest BCUT2D eigenvalue weighted by molar-refractivity contribution is 6.33. The van der Waals surface area contributed by atoms with E-state index >= 15 is 0 Å². The van der Waals surface area contributed by atoms with Crippen LogP contribution in [0.2, 0.25) is 5.02 Å². The van der Waals surface area contributed by atoms with Crippen molar-refractivity contribution in [1.82, 2.24) is 4.90 Å². The molecule has 29 heavy (non-hydrogen) atoms. The molecule has 1 amide bonds. The largest absolute Gasteiger partial charge is 0.481 e. The number of benzene rings is 1. The molecule has 0 unspecified atom stereocenters. The summed E-state index contributed by atoms with van der Waals surface area (Å²) in [6.07, 6.45) is 1.05. The highest BCUT2D eigenvalue weighted by atomic mass is 35.5. The molecule has 3 N–H and O–H groups in total. The van der Waals surface area contributed by atoms with Gasteiger partial charge in [0.15, 0.2) is 0 Å². The average Bonchev–Trinajstić information content (AvgIpc) is 3.05. The van der Waals surface area contributed by atoms with E-state index in [-0.39, 0.29) is 54.3 Å². The number of nitrogen functional groups attached to an aromatic ring is 1. The summed E-state index contributed by atoms with van der Waals surface area (Å²) in [4.78, 5) is 25.1. The summed E-state index contributed by atoms with van der Waals surface area (Å²) in [5.41, 5.74) is 5.76. The topological polar surface area (TPSA) is 92.9 Å². The summed E-state index contributed by atoms with van der Waals surface area (Å²) in [7, 11) is 0. The van der Waals surface area contributed by atoms with Crippen LogP contribution in [0.1, 0.15) is 37.7 Å². The minimum absolute atomic E-state index is 0.0526. The molecular weight excluding hydrogens is 406 g/mol. The van der Waals surface area contributed by atoms with Crippen molar-refractivity contribution in [3.05, 3.63) is 28.5 Å². The van der Waals surface area contributed by atoms with Crippen LogP contribution < -0.4 is 5.73 Å². The number of halogens is 3. The number of hydrogen-bond acceptors (Lipinski definition) is 4. The van der Waals surface area contributed by atoms with E-state index < -0.39 is 29.9 Å². The van der Waals surface area contributed by atoms with E-state index in [9.17, 15) is 18.4 Å². The second-order valence-electron chi connectivity index (χ2n) is 7.82. The number of hydrogen-bond donors (Lipinski definition) is 2. The summed E-state index contributed by atoms with van der Waals surface area (Å²) < 4.78 is 33.9. The normalized spacial score (nSPS) is 27.2. The van der Waals surface area contributed by atoms with Crippen LogP contribution in [-0.2, 0) is 20.7 Å². The van der Waals surface area contributed by atoms with E-state index in [4.69, 9.17) is 27.2 Å². The molecule has 1 aromatic carbocycles. The molecule has 2 atom stereocenters. The molecular formula is C20H25ClF2N2O4. The summed E-state index contributed by atoms with van der Waals surface area (Å²) in [6.45, 7) is 0.127. The highest BCUT2D eigenvalue weighted by Gasteiger charge is 2.36. The fraction of sp³-hybridized carbons (Fsp3) is 0.600. The maximum absolute atomic E-state index is 14.1. The maximum atomic E-state index is 14.1. The van der Waals surface area contributed by atoms with Gasteiger partial charge in [-0.25, -0.2) is 8.78 Å². The number of ether oxygens (including phenoxy) is 1. The fourth-order valence-electron chi connectivity index (χ4n) is 4.05. The molecule has 6 nitrogen and oxygen atoms in total. The van der Waals surface area contributed by atoms with Gasteiger partial charge in [0.2, 0.25) is 5.91 Å². The van der Waals surface area contributed by atoms with Crippen molar-refractivity contribution < 1.29 is 28.2 Å². The third kappa shape index (κ3) is 5.36. The number of rotatable bonds is 6. The van der Waals surface area contributed by atoms with E-state index in [0.29, 0.717) is 25.7 Å². The lowest BCUT2D eigenvalue weighted by atomic mass is 9.87. The quantitative estimate of drug-likeness (QED) is 0.676. The summed E-state index contributed by atoms with van der Waals surface area (Å²) in [5, 5.41) is 9.22. The fourth-order valence-corrected chi connectivity index (χ4v) is 4.24. The van der Waals surface area contributed by atoms with E-state index in [0.717, 1.165) is 6.07 Å². The zero-order valence-corrected chi connectivity index (χ0v) is 16.7. The first kappa shape index (κ1) is 21.8. The standard InChI is InChI=1S/C20H25ClF2N2O4/c21-16-5-12(17(23)8-18(16)24)6-19(26)25-9-13(22)7-14(25)10-29-15-3-1-11(2-4-15)20(27)28/h5,8,11,13-15H,1-4,6-7,9-10,24H2,(H,27,28)/t11?,13-,14-,15?/m0/s1. The Hall–Kier alpha value is -1.93. The molecule has 160 valence electrons. The molecule has 9 heteroatoms. The molecule has 0 bridgehead atoms. The van der Waals surface area contributed by atoms with Crippen molar-refractivity contribution in [2.24, 2.45) is 5.92 Å². The van der Waals surface area contributed by atoms with Gasteiger partial charge in [-0.05, 0) is 43.4 Å². The molecule has 0 aromatic heterocycles. The van der Waals surface area contributed by atoms with Crippen LogP contribution in [0.15, 0.2) is 12.1 Å². The van der Waals surface area contributed by atoms with Gasteiger partial charge in [0, 0.05) is 6.42 Å². The number of likely N-dealkylation sites (tertiary alicyclic amines) is 1. The van der Waals surface area contributed by atoms with Gasteiger partial charge >= 0.3 is 5.97 Å². The Labute approximate surface area is 172 Å². The molecule has 3 rings (SSSR count). The van der Waals surface area contributed by atoms with Crippen LogP contribution in [0.25, 0.3) is 0 Å². The monoisotopic (exact) mass is 430 g/mol. The number of carboxylic acid groups (broad SMARTS) is 1. The molecule has 0 spiro atoms. The van der Waals surface area contributed by atoms with Crippen LogP contribution in [0.4, 0.5) is 14.5 Å². The Morgan fingerprint density at radius 2 is 1.97 bits per heavy atom. The van der Waals surface area contributed by atoms with Gasteiger partial charge in [-0.2, -0.15) is 0 Å². The number of nitrogens with zero attached hydrogens (tertiary/aromatic N) is 1. The summed E-state index contributed by atoms with van der Waals surface area (Å²) >= 11 is 5.91. The first-order chi connectivity index (χ1) is 13.7. The maximum Gasteiger partial charge on any atom is 0.306 e. The van der Waals surface area contributed by atoms with Gasteiger partial charge in [-0.15, -0.1) is 0 Å². The lowest BCUT2D eigenvalue weighted by Crippen LogP contribution is -2.40. The van der Waals surface area contributed by atoms with Crippen molar-refractivity contribution in [3.63, 3.8) is 0 Å². The zero-order valence-electron chi connectivity index (χ0n) is 16.0. The average molecular weight is 431 g/mol. The number of nitrogens with two attached hydrogens (primary N) is 1. The van der Waals surface area contributed by atoms with Crippen molar-refractivity contribution in [1.29, 1.82) is 0 Å². The summed E-state index contributed by atoms with van der Waals surface area (Å²) in [5.74, 6) is -2.14. The first-order valence-electron chi connectivity index (χ1n) is 9.76. The number of anilines is 1. The number of aliphatic carboxylic acids is 1. The van der Waals surface area contributed by atoms with Crippen LogP contribution in [0.3, 0.4) is 0 Å². The second-order valence-corrected chi connectivity index (χ2v) is 8.23. The van der Waals surface area contributed by atoms with Gasteiger partial charge in [-0.3, -0.25) is 9.59 Å². The Morgan fingerprint density at radius 1 is 1.28 bits per heavy atom. The third-order valence-corrected chi connectivity index (χ3v) is 6.07. The zero-order chi connectivity index (χ0) is 21.1. The number of carbonyl (C=O) groups is 2. The van der Waals surface area contributed by atoms with Gasteiger partial charge in [-0.1, -0.05) is 11.6 Å². The van der Waals surface area contributed by atoms with Crippen molar-refractivity contribution >= 4 is 29.2 Å². The predicted octanol–water partition coefficient (Wildman–Crippen LogP) is 3.20. The lowest BCUT2D eigenvalue weighted by molar-refractivity contribution is -0.144. The minimum Gasteiger partial charge on any atom is -0.481 e. The van der Waals surface area contributed by atoms with Gasteiger partial charge in [0.1, 0.15) is 12.0 Å². The Bertz CT molecular complexity index is 771. The molecule has 1 aliphatic heterocycles. The highest BCUT2D eigenvalue weighted by Crippen LogP contribution is 2.29. The molecule has 1 heterocycles. The van der Waals surface area contributed by atoms with E-state index in [1.807, 2.05) is 0 Å². The third-order valence-electron chi connectivity index (χ3n) is 5.74. The molecule has 1 saturated carbocycles. The number of carbonyl (C=O) groups excluding carboxylic acids is 1. The smallest absolute Gasteiger partial charge is 0.306 e. The van der Waals surface area contributed by atoms with Crippen LogP contribution >= 0.6 is 11.6 Å². The van der Waals surface area contributed by atoms with Crippen LogP contribution in [0.5, 0.6) is 0 Å². The van der Waals surface area contributed by atoms with E-state index in [1.165, 1.54) is 11.0 Å². The van der Waals surface area contributed by atoms with Crippen LogP contribution in [-0.4, -0.2) is 53.4 Å². The van der Waals surface area contributed by atoms with E-state index in [2.05, 4.69) is 0 Å². The number of alkyl halides is 1. The molecule has 1 aliphatic carbocycles. The molecule has 2 aliphatic rings. The minimum atomic E-state index is -1.16. The Morgan fingerprint density at radius 3 is 2.62 bits per heavy atom. The molecule has 1 aromatic rings. The Kier molecular flexibility index (Phi) is 6.95. The Balaban J connectivity index is 1.56. The number of carboxylic acids is 1. The van der Waals surface area contributed by atoms with Gasteiger partial charge < -0.3 is 20.5 Å². The SMILES string of the molecule is Nc1cc(F)c(CC(=O)N2C[C@@H](F)C[C@H]2COC2CCC(C(=O)O)CC2)cc1Cl. The first-order valence-corrected chi connectivity index (χ1v) is 10.1. The number of amides is 1. The second kappa shape index (κ2) is 9.26. The van der Waals surface area contributed by atoms with Crippen LogP contribution in [0, 0.1) is 11.7 Å². The summed E-state index contributed by atoms with van der Waals surface area (Å²) in [6, 6.07) is 1.96. The van der Waals surface area contributed by atoms with Gasteiger partial charge in [0.05, 0.1) is 48.3 Å². The lowest BCUT2D eigenvalue weighted by Gasteiger charge is -2.29. The molecule has 2 fully saturated rings.